The van der Waals surface area contributed by atoms with Crippen LogP contribution < -0.4 is 15.2 Å². The van der Waals surface area contributed by atoms with Crippen LogP contribution in [0.4, 0.5) is 5.69 Å². The number of amides is 1. The van der Waals surface area contributed by atoms with E-state index in [2.05, 4.69) is 39.7 Å². The van der Waals surface area contributed by atoms with Crippen molar-refractivity contribution in [3.63, 3.8) is 0 Å². The minimum Gasteiger partial charge on any atom is -0.360 e. The first-order valence-corrected chi connectivity index (χ1v) is 10.2. The van der Waals surface area contributed by atoms with Gasteiger partial charge in [-0.2, -0.15) is 5.10 Å². The molecule has 2 aromatic carbocycles. The Kier molecular flexibility index (Phi) is 7.31. The molecule has 1 aliphatic rings. The number of quaternary nitrogens is 1. The van der Waals surface area contributed by atoms with Gasteiger partial charge in [-0.15, -0.1) is 0 Å². The summed E-state index contributed by atoms with van der Waals surface area (Å²) in [7, 11) is 0. The van der Waals surface area contributed by atoms with Crippen molar-refractivity contribution < 1.29 is 9.69 Å². The maximum absolute atomic E-state index is 12.2. The molecule has 1 amide bonds. The van der Waals surface area contributed by atoms with Crippen LogP contribution in [0.1, 0.15) is 18.9 Å². The fourth-order valence-corrected chi connectivity index (χ4v) is 3.72. The van der Waals surface area contributed by atoms with Gasteiger partial charge in [0.2, 0.25) is 5.91 Å². The van der Waals surface area contributed by atoms with Gasteiger partial charge in [-0.3, -0.25) is 4.79 Å². The lowest BCUT2D eigenvalue weighted by Gasteiger charge is -2.33. The number of hydrogen-bond acceptors (Lipinski definition) is 3. The zero-order valence-electron chi connectivity index (χ0n) is 15.9. The standard InChI is InChI=1S/C21H24Cl2N4O/c1-16(19-15-17(22)7-8-20(19)23)24-25-21(28)9-10-26-11-13-27(14-12-26)18-5-3-2-4-6-18/h2-8,15H,9-14H2,1H3,(H,25,28)/p+1/b24-16-. The van der Waals surface area contributed by atoms with E-state index in [1.807, 2.05) is 6.07 Å². The number of para-hydroxylation sites is 1. The van der Waals surface area contributed by atoms with Gasteiger partial charge in [-0.05, 0) is 37.3 Å². The SMILES string of the molecule is C/C(=N/NC(=O)CC[NH+]1CCN(c2ccccc2)CC1)c1cc(Cl)ccc1Cl. The first-order chi connectivity index (χ1) is 13.5. The summed E-state index contributed by atoms with van der Waals surface area (Å²) < 4.78 is 0. The van der Waals surface area contributed by atoms with Gasteiger partial charge >= 0.3 is 0 Å². The molecule has 1 heterocycles. The average Bonchev–Trinajstić information content (AvgIpc) is 2.73. The van der Waals surface area contributed by atoms with E-state index in [0.717, 1.165) is 38.3 Å². The smallest absolute Gasteiger partial charge is 0.245 e. The third-order valence-corrected chi connectivity index (χ3v) is 5.53. The number of hydrogen-bond donors (Lipinski definition) is 2. The molecule has 28 heavy (non-hydrogen) atoms. The van der Waals surface area contributed by atoms with Crippen molar-refractivity contribution in [2.75, 3.05) is 37.6 Å². The summed E-state index contributed by atoms with van der Waals surface area (Å²) in [6, 6.07) is 15.6. The minimum atomic E-state index is -0.0875. The quantitative estimate of drug-likeness (QED) is 0.558. The number of nitrogens with one attached hydrogen (secondary N) is 2. The largest absolute Gasteiger partial charge is 0.360 e. The van der Waals surface area contributed by atoms with Crippen molar-refractivity contribution in [2.24, 2.45) is 5.10 Å². The van der Waals surface area contributed by atoms with E-state index in [0.29, 0.717) is 22.2 Å². The molecule has 5 nitrogen and oxygen atoms in total. The van der Waals surface area contributed by atoms with Crippen LogP contribution in [0.25, 0.3) is 0 Å². The molecule has 0 spiro atoms. The van der Waals surface area contributed by atoms with Crippen LogP contribution in [0.2, 0.25) is 10.0 Å². The Bertz CT molecular complexity index is 834. The number of benzene rings is 2. The first kappa shape index (κ1) is 20.6. The maximum atomic E-state index is 12.2. The lowest BCUT2D eigenvalue weighted by molar-refractivity contribution is -0.900. The van der Waals surface area contributed by atoms with Gasteiger partial charge in [0.05, 0.1) is 44.9 Å². The molecule has 1 fully saturated rings. The Morgan fingerprint density at radius 2 is 1.86 bits per heavy atom. The molecule has 0 unspecified atom stereocenters. The predicted molar refractivity (Wildman–Crippen MR) is 116 cm³/mol. The van der Waals surface area contributed by atoms with E-state index >= 15 is 0 Å². The Hall–Kier alpha value is -2.08. The van der Waals surface area contributed by atoms with Crippen molar-refractivity contribution in [1.82, 2.24) is 5.43 Å². The van der Waals surface area contributed by atoms with Crippen LogP contribution in [-0.4, -0.2) is 44.3 Å². The number of nitrogens with zero attached hydrogens (tertiary/aromatic N) is 2. The normalized spacial score (nSPS) is 15.5. The maximum Gasteiger partial charge on any atom is 0.245 e. The highest BCUT2D eigenvalue weighted by atomic mass is 35.5. The topological polar surface area (TPSA) is 49.1 Å². The highest BCUT2D eigenvalue weighted by Gasteiger charge is 2.20. The second-order valence-corrected chi connectivity index (χ2v) is 7.77. The Morgan fingerprint density at radius 1 is 1.14 bits per heavy atom. The van der Waals surface area contributed by atoms with E-state index in [1.54, 1.807) is 25.1 Å². The highest BCUT2D eigenvalue weighted by molar-refractivity contribution is 6.36. The molecule has 0 saturated carbocycles. The van der Waals surface area contributed by atoms with Gasteiger partial charge in [-0.1, -0.05) is 41.4 Å². The monoisotopic (exact) mass is 419 g/mol. The molecule has 7 heteroatoms. The second-order valence-electron chi connectivity index (χ2n) is 6.93. The van der Waals surface area contributed by atoms with Crippen molar-refractivity contribution in [1.29, 1.82) is 0 Å². The van der Waals surface area contributed by atoms with E-state index in [9.17, 15) is 4.79 Å². The van der Waals surface area contributed by atoms with E-state index < -0.39 is 0 Å². The molecule has 2 aromatic rings. The molecule has 1 aliphatic heterocycles. The summed E-state index contributed by atoms with van der Waals surface area (Å²) in [5.74, 6) is -0.0875. The van der Waals surface area contributed by atoms with Crippen LogP contribution in [0.15, 0.2) is 53.6 Å². The molecular formula is C21H25Cl2N4O+. The summed E-state index contributed by atoms with van der Waals surface area (Å²) in [6.07, 6.45) is 0.445. The van der Waals surface area contributed by atoms with Crippen LogP contribution in [-0.2, 0) is 4.79 Å². The molecule has 0 aliphatic carbocycles. The number of rotatable bonds is 6. The minimum absolute atomic E-state index is 0.0875. The molecular weight excluding hydrogens is 395 g/mol. The molecule has 3 rings (SSSR count). The number of anilines is 1. The van der Waals surface area contributed by atoms with Crippen molar-refractivity contribution in [3.8, 4) is 0 Å². The van der Waals surface area contributed by atoms with Gasteiger partial charge in [0.15, 0.2) is 0 Å². The predicted octanol–water partition coefficient (Wildman–Crippen LogP) is 2.63. The van der Waals surface area contributed by atoms with E-state index in [-0.39, 0.29) is 5.91 Å². The number of halogens is 2. The molecule has 0 bridgehead atoms. The highest BCUT2D eigenvalue weighted by Crippen LogP contribution is 2.21. The summed E-state index contributed by atoms with van der Waals surface area (Å²) >= 11 is 12.2. The molecule has 2 N–H and O–H groups in total. The van der Waals surface area contributed by atoms with E-state index in [1.165, 1.54) is 10.6 Å². The fourth-order valence-electron chi connectivity index (χ4n) is 3.30. The Labute approximate surface area is 175 Å². The first-order valence-electron chi connectivity index (χ1n) is 9.45. The van der Waals surface area contributed by atoms with Crippen LogP contribution >= 0.6 is 23.2 Å². The van der Waals surface area contributed by atoms with Gasteiger partial charge < -0.3 is 9.80 Å². The molecule has 1 saturated heterocycles. The van der Waals surface area contributed by atoms with E-state index in [4.69, 9.17) is 23.2 Å². The number of hydrazone groups is 1. The zero-order valence-corrected chi connectivity index (χ0v) is 17.4. The van der Waals surface area contributed by atoms with Crippen LogP contribution in [0.5, 0.6) is 0 Å². The summed E-state index contributed by atoms with van der Waals surface area (Å²) in [5.41, 5.74) is 5.24. The Balaban J connectivity index is 1.43. The summed E-state index contributed by atoms with van der Waals surface area (Å²) in [4.78, 5) is 16.0. The third kappa shape index (κ3) is 5.71. The van der Waals surface area contributed by atoms with Gasteiger partial charge in [0, 0.05) is 21.3 Å². The van der Waals surface area contributed by atoms with Gasteiger partial charge in [0.1, 0.15) is 0 Å². The van der Waals surface area contributed by atoms with Gasteiger partial charge in [0.25, 0.3) is 0 Å². The zero-order chi connectivity index (χ0) is 19.9. The summed E-state index contributed by atoms with van der Waals surface area (Å²) in [5, 5.41) is 5.31. The molecule has 0 atom stereocenters. The fraction of sp³-hybridized carbons (Fsp3) is 0.333. The van der Waals surface area contributed by atoms with Crippen molar-refractivity contribution in [2.45, 2.75) is 13.3 Å². The number of carbonyl (C=O) groups excluding carboxylic acids is 1. The molecule has 0 radical (unpaired) electrons. The average molecular weight is 420 g/mol. The molecule has 148 valence electrons. The summed E-state index contributed by atoms with van der Waals surface area (Å²) in [6.45, 7) is 6.68. The van der Waals surface area contributed by atoms with Crippen molar-refractivity contribution in [3.05, 3.63) is 64.1 Å². The van der Waals surface area contributed by atoms with Crippen LogP contribution in [0, 0.1) is 0 Å². The number of piperazine rings is 1. The van der Waals surface area contributed by atoms with Crippen molar-refractivity contribution >= 4 is 40.5 Å². The van der Waals surface area contributed by atoms with Gasteiger partial charge in [-0.25, -0.2) is 5.43 Å². The second kappa shape index (κ2) is 9.92. The van der Waals surface area contributed by atoms with Crippen LogP contribution in [0.3, 0.4) is 0 Å². The number of carbonyl (C=O) groups is 1. The Morgan fingerprint density at radius 3 is 2.57 bits per heavy atom. The third-order valence-electron chi connectivity index (χ3n) is 4.96. The lowest BCUT2D eigenvalue weighted by Crippen LogP contribution is -3.15. The lowest BCUT2D eigenvalue weighted by atomic mass is 10.1. The molecule has 0 aromatic heterocycles.